The molecular formula is C3H5NO2. The molecule has 3 heteroatoms. The normalized spacial score (nSPS) is 8.67. The first-order valence-electron chi connectivity index (χ1n) is 1.40. The molecule has 0 aromatic carbocycles. The number of aliphatic hydroxyl groups excluding tert-OH is 1. The second kappa shape index (κ2) is 4.01. The van der Waals surface area contributed by atoms with Crippen molar-refractivity contribution in [1.29, 1.82) is 0 Å². The minimum Gasteiger partial charge on any atom is -0.514 e. The summed E-state index contributed by atoms with van der Waals surface area (Å²) in [7, 11) is 0. The van der Waals surface area contributed by atoms with Gasteiger partial charge >= 0.3 is 0 Å². The minimum atomic E-state index is 0.465. The topological polar surface area (TPSA) is 49.3 Å². The Bertz CT molecular complexity index is 59.8. The molecule has 2 N–H and O–H groups in total. The zero-order valence-electron chi connectivity index (χ0n) is 3.09. The maximum Gasteiger partial charge on any atom is 0.211 e. The van der Waals surface area contributed by atoms with Gasteiger partial charge in [-0.15, -0.1) is 0 Å². The van der Waals surface area contributed by atoms with Crippen molar-refractivity contribution in [3.05, 3.63) is 12.5 Å². The fourth-order valence-electron chi connectivity index (χ4n) is 0.0823. The quantitative estimate of drug-likeness (QED) is 0.361. The van der Waals surface area contributed by atoms with Crippen molar-refractivity contribution >= 4 is 6.41 Å². The molecule has 0 unspecified atom stereocenters. The highest BCUT2D eigenvalue weighted by molar-refractivity contribution is 5.47. The fraction of sp³-hybridized carbons (Fsp3) is 0. The van der Waals surface area contributed by atoms with Gasteiger partial charge in [0.15, 0.2) is 0 Å². The number of amides is 1. The lowest BCUT2D eigenvalue weighted by Gasteiger charge is -1.74. The summed E-state index contributed by atoms with van der Waals surface area (Å²) >= 11 is 0. The number of rotatable bonds is 2. The predicted octanol–water partition coefficient (Wildman–Crippen LogP) is -0.238. The second-order valence-corrected chi connectivity index (χ2v) is 0.600. The van der Waals surface area contributed by atoms with Gasteiger partial charge in [-0.3, -0.25) is 4.79 Å². The van der Waals surface area contributed by atoms with E-state index in [1.165, 1.54) is 0 Å². The van der Waals surface area contributed by atoms with Crippen molar-refractivity contribution in [2.24, 2.45) is 0 Å². The van der Waals surface area contributed by atoms with Gasteiger partial charge in [-0.1, -0.05) is 0 Å². The predicted molar refractivity (Wildman–Crippen MR) is 21.0 cm³/mol. The van der Waals surface area contributed by atoms with Gasteiger partial charge in [0.05, 0.1) is 6.26 Å². The van der Waals surface area contributed by atoms with Crippen molar-refractivity contribution in [2.75, 3.05) is 0 Å². The van der Waals surface area contributed by atoms with E-state index in [1.807, 2.05) is 0 Å². The van der Waals surface area contributed by atoms with Gasteiger partial charge < -0.3 is 10.4 Å². The van der Waals surface area contributed by atoms with Gasteiger partial charge in [-0.25, -0.2) is 0 Å². The lowest BCUT2D eigenvalue weighted by Crippen LogP contribution is -1.97. The number of hydrogen-bond donors (Lipinski definition) is 2. The van der Waals surface area contributed by atoms with E-state index in [0.717, 1.165) is 12.5 Å². The minimum absolute atomic E-state index is 0.465. The number of aliphatic hydroxyl groups is 1. The van der Waals surface area contributed by atoms with E-state index in [2.05, 4.69) is 5.32 Å². The molecule has 0 saturated carbocycles. The molecule has 1 amide bonds. The van der Waals surface area contributed by atoms with Gasteiger partial charge in [0.1, 0.15) is 0 Å². The highest BCUT2D eigenvalue weighted by Crippen LogP contribution is 1.48. The number of nitrogens with one attached hydrogen (secondary N) is 1. The van der Waals surface area contributed by atoms with Crippen LogP contribution < -0.4 is 5.32 Å². The van der Waals surface area contributed by atoms with Crippen molar-refractivity contribution in [3.8, 4) is 0 Å². The van der Waals surface area contributed by atoms with Crippen LogP contribution in [0, 0.1) is 0 Å². The van der Waals surface area contributed by atoms with Crippen LogP contribution in [-0.2, 0) is 4.79 Å². The molecule has 0 atom stereocenters. The van der Waals surface area contributed by atoms with Crippen molar-refractivity contribution in [1.82, 2.24) is 5.32 Å². The average Bonchev–Trinajstić information content (AvgIpc) is 1.61. The smallest absolute Gasteiger partial charge is 0.211 e. The van der Waals surface area contributed by atoms with Crippen LogP contribution in [-0.4, -0.2) is 11.5 Å². The van der Waals surface area contributed by atoms with Gasteiger partial charge in [-0.2, -0.15) is 0 Å². The van der Waals surface area contributed by atoms with Crippen LogP contribution in [0.25, 0.3) is 0 Å². The number of hydrogen-bond acceptors (Lipinski definition) is 2. The Morgan fingerprint density at radius 2 is 2.33 bits per heavy atom. The molecule has 0 aromatic rings. The Kier molecular flexibility index (Phi) is 3.35. The third kappa shape index (κ3) is 3.01. The molecule has 0 radical (unpaired) electrons. The zero-order valence-corrected chi connectivity index (χ0v) is 3.09. The van der Waals surface area contributed by atoms with Crippen LogP contribution in [0.2, 0.25) is 0 Å². The van der Waals surface area contributed by atoms with E-state index in [-0.39, 0.29) is 0 Å². The van der Waals surface area contributed by atoms with Crippen LogP contribution in [0.4, 0.5) is 0 Å². The lowest BCUT2D eigenvalue weighted by atomic mass is 10.9. The third-order valence-electron chi connectivity index (χ3n) is 0.239. The Balaban J connectivity index is 2.85. The highest BCUT2D eigenvalue weighted by atomic mass is 16.2. The Morgan fingerprint density at radius 1 is 1.67 bits per heavy atom. The monoisotopic (exact) mass is 87.0 g/mol. The first-order valence-corrected chi connectivity index (χ1v) is 1.40. The van der Waals surface area contributed by atoms with E-state index in [9.17, 15) is 4.79 Å². The average molecular weight is 87.1 g/mol. The molecular weight excluding hydrogens is 82.0 g/mol. The molecule has 0 rings (SSSR count). The number of carbonyl (C=O) groups is 1. The van der Waals surface area contributed by atoms with E-state index >= 15 is 0 Å². The summed E-state index contributed by atoms with van der Waals surface area (Å²) in [5, 5.41) is 9.88. The van der Waals surface area contributed by atoms with E-state index < -0.39 is 0 Å². The van der Waals surface area contributed by atoms with Crippen LogP contribution in [0.1, 0.15) is 0 Å². The first kappa shape index (κ1) is 5.01. The van der Waals surface area contributed by atoms with Crippen LogP contribution in [0.3, 0.4) is 0 Å². The van der Waals surface area contributed by atoms with Gasteiger partial charge in [0, 0.05) is 6.20 Å². The Labute approximate surface area is 35.3 Å². The molecule has 3 nitrogen and oxygen atoms in total. The van der Waals surface area contributed by atoms with Gasteiger partial charge in [-0.05, 0) is 0 Å². The summed E-state index contributed by atoms with van der Waals surface area (Å²) in [6.07, 6.45) is 2.33. The van der Waals surface area contributed by atoms with Crippen molar-refractivity contribution in [2.45, 2.75) is 0 Å². The molecule has 34 valence electrons. The molecule has 0 aliphatic rings. The summed E-state index contributed by atoms with van der Waals surface area (Å²) in [4.78, 5) is 9.29. The summed E-state index contributed by atoms with van der Waals surface area (Å²) in [5.74, 6) is 0. The maximum absolute atomic E-state index is 9.29. The molecule has 0 saturated heterocycles. The standard InChI is InChI=1S/C3H5NO2/c5-2-1-4-3-6/h1-3,5H,(H,4,6)/b2-1-. The highest BCUT2D eigenvalue weighted by Gasteiger charge is 1.57. The molecule has 0 aliphatic carbocycles. The van der Waals surface area contributed by atoms with Gasteiger partial charge in [0.25, 0.3) is 0 Å². The summed E-state index contributed by atoms with van der Waals surface area (Å²) in [6, 6.07) is 0. The molecule has 0 bridgehead atoms. The fourth-order valence-corrected chi connectivity index (χ4v) is 0.0823. The SMILES string of the molecule is O=CN/C=C\O. The molecule has 0 aliphatic heterocycles. The van der Waals surface area contributed by atoms with E-state index in [1.54, 1.807) is 0 Å². The van der Waals surface area contributed by atoms with E-state index in [4.69, 9.17) is 5.11 Å². The van der Waals surface area contributed by atoms with Crippen molar-refractivity contribution < 1.29 is 9.90 Å². The first-order chi connectivity index (χ1) is 2.91. The summed E-state index contributed by atoms with van der Waals surface area (Å²) in [5.41, 5.74) is 0. The zero-order chi connectivity index (χ0) is 4.83. The lowest BCUT2D eigenvalue weighted by molar-refractivity contribution is -0.108. The Hall–Kier alpha value is -0.990. The second-order valence-electron chi connectivity index (χ2n) is 0.600. The Morgan fingerprint density at radius 3 is 2.50 bits per heavy atom. The summed E-state index contributed by atoms with van der Waals surface area (Å²) < 4.78 is 0. The number of carbonyl (C=O) groups excluding carboxylic acids is 1. The summed E-state index contributed by atoms with van der Waals surface area (Å²) in [6.45, 7) is 0. The molecule has 0 fully saturated rings. The van der Waals surface area contributed by atoms with Crippen molar-refractivity contribution in [3.63, 3.8) is 0 Å². The molecule has 0 spiro atoms. The van der Waals surface area contributed by atoms with Crippen LogP contribution in [0.5, 0.6) is 0 Å². The van der Waals surface area contributed by atoms with Gasteiger partial charge in [0.2, 0.25) is 6.41 Å². The van der Waals surface area contributed by atoms with Crippen LogP contribution >= 0.6 is 0 Å². The largest absolute Gasteiger partial charge is 0.514 e. The maximum atomic E-state index is 9.29. The van der Waals surface area contributed by atoms with Crippen LogP contribution in [0.15, 0.2) is 12.5 Å². The molecule has 0 heterocycles. The van der Waals surface area contributed by atoms with E-state index in [0.29, 0.717) is 6.41 Å². The molecule has 6 heavy (non-hydrogen) atoms. The molecule has 0 aromatic heterocycles. The third-order valence-corrected chi connectivity index (χ3v) is 0.239.